The highest BCUT2D eigenvalue weighted by Gasteiger charge is 2.08. The first-order valence-corrected chi connectivity index (χ1v) is 7.02. The number of aromatic nitrogens is 2. The Kier molecular flexibility index (Phi) is 4.05. The van der Waals surface area contributed by atoms with E-state index in [1.54, 1.807) is 7.11 Å². The zero-order chi connectivity index (χ0) is 15.4. The van der Waals surface area contributed by atoms with Crippen LogP contribution in [0.15, 0.2) is 52.9 Å². The molecule has 3 aromatic rings. The highest BCUT2D eigenvalue weighted by Crippen LogP contribution is 2.21. The largest absolute Gasteiger partial charge is 0.497 e. The van der Waals surface area contributed by atoms with Gasteiger partial charge < -0.3 is 14.5 Å². The summed E-state index contributed by atoms with van der Waals surface area (Å²) in [5.74, 6) is 1.85. The maximum absolute atomic E-state index is 5.67. The van der Waals surface area contributed by atoms with Crippen molar-refractivity contribution in [3.8, 4) is 17.2 Å². The van der Waals surface area contributed by atoms with Crippen LogP contribution in [0.2, 0.25) is 0 Å². The fraction of sp³-hybridized carbons (Fsp3) is 0.176. The van der Waals surface area contributed by atoms with Crippen molar-refractivity contribution >= 4 is 5.69 Å². The molecule has 2 aromatic carbocycles. The fourth-order valence-corrected chi connectivity index (χ4v) is 2.11. The molecule has 1 aromatic heterocycles. The zero-order valence-electron chi connectivity index (χ0n) is 12.5. The molecular weight excluding hydrogens is 278 g/mol. The first-order valence-electron chi connectivity index (χ1n) is 7.02. The number of rotatable bonds is 5. The number of nitrogens with zero attached hydrogens (tertiary/aromatic N) is 2. The van der Waals surface area contributed by atoms with Gasteiger partial charge in [-0.3, -0.25) is 0 Å². The van der Waals surface area contributed by atoms with E-state index >= 15 is 0 Å². The van der Waals surface area contributed by atoms with Gasteiger partial charge in [0.15, 0.2) is 0 Å². The van der Waals surface area contributed by atoms with Gasteiger partial charge in [0.1, 0.15) is 5.75 Å². The maximum Gasteiger partial charge on any atom is 0.247 e. The van der Waals surface area contributed by atoms with Crippen molar-refractivity contribution < 1.29 is 9.15 Å². The molecule has 1 heterocycles. The quantitative estimate of drug-likeness (QED) is 0.778. The molecule has 0 amide bonds. The normalized spacial score (nSPS) is 10.5. The van der Waals surface area contributed by atoms with Crippen LogP contribution in [0.5, 0.6) is 5.75 Å². The van der Waals surface area contributed by atoms with Crippen LogP contribution in [-0.2, 0) is 6.54 Å². The van der Waals surface area contributed by atoms with E-state index in [1.165, 1.54) is 5.56 Å². The van der Waals surface area contributed by atoms with Gasteiger partial charge in [0.05, 0.1) is 13.7 Å². The molecule has 0 saturated carbocycles. The van der Waals surface area contributed by atoms with Gasteiger partial charge in [-0.05, 0) is 48.9 Å². The van der Waals surface area contributed by atoms with Gasteiger partial charge >= 0.3 is 0 Å². The minimum Gasteiger partial charge on any atom is -0.497 e. The summed E-state index contributed by atoms with van der Waals surface area (Å²) in [5, 5.41) is 11.4. The lowest BCUT2D eigenvalue weighted by atomic mass is 10.2. The second kappa shape index (κ2) is 6.30. The Labute approximate surface area is 129 Å². The van der Waals surface area contributed by atoms with Crippen LogP contribution in [0, 0.1) is 6.92 Å². The summed E-state index contributed by atoms with van der Waals surface area (Å²) in [6, 6.07) is 15.7. The molecule has 0 aliphatic rings. The van der Waals surface area contributed by atoms with Crippen LogP contribution in [0.3, 0.4) is 0 Å². The Morgan fingerprint density at radius 3 is 2.64 bits per heavy atom. The lowest BCUT2D eigenvalue weighted by Crippen LogP contribution is -1.99. The van der Waals surface area contributed by atoms with Crippen LogP contribution < -0.4 is 10.1 Å². The van der Waals surface area contributed by atoms with Crippen molar-refractivity contribution in [1.29, 1.82) is 0 Å². The summed E-state index contributed by atoms with van der Waals surface area (Å²) < 4.78 is 10.8. The Balaban J connectivity index is 1.68. The van der Waals surface area contributed by atoms with Gasteiger partial charge in [0, 0.05) is 11.3 Å². The van der Waals surface area contributed by atoms with Gasteiger partial charge in [-0.2, -0.15) is 0 Å². The van der Waals surface area contributed by atoms with E-state index in [2.05, 4.69) is 34.6 Å². The maximum atomic E-state index is 5.67. The van der Waals surface area contributed by atoms with Crippen LogP contribution in [0.4, 0.5) is 5.69 Å². The highest BCUT2D eigenvalue weighted by atomic mass is 16.5. The third-order valence-corrected chi connectivity index (χ3v) is 3.27. The Morgan fingerprint density at radius 1 is 1.09 bits per heavy atom. The van der Waals surface area contributed by atoms with Gasteiger partial charge in [0.2, 0.25) is 11.8 Å². The fourth-order valence-electron chi connectivity index (χ4n) is 2.11. The van der Waals surface area contributed by atoms with E-state index < -0.39 is 0 Å². The summed E-state index contributed by atoms with van der Waals surface area (Å²) >= 11 is 0. The molecule has 5 heteroatoms. The molecule has 0 atom stereocenters. The second-order valence-corrected chi connectivity index (χ2v) is 4.95. The molecule has 1 N–H and O–H groups in total. The van der Waals surface area contributed by atoms with E-state index in [0.717, 1.165) is 17.0 Å². The second-order valence-electron chi connectivity index (χ2n) is 4.95. The summed E-state index contributed by atoms with van der Waals surface area (Å²) in [5.41, 5.74) is 3.11. The molecule has 0 saturated heterocycles. The third-order valence-electron chi connectivity index (χ3n) is 3.27. The van der Waals surface area contributed by atoms with Crippen LogP contribution >= 0.6 is 0 Å². The number of hydrogen-bond donors (Lipinski definition) is 1. The molecule has 5 nitrogen and oxygen atoms in total. The molecule has 0 bridgehead atoms. The van der Waals surface area contributed by atoms with Gasteiger partial charge in [-0.25, -0.2) is 0 Å². The molecule has 22 heavy (non-hydrogen) atoms. The number of aryl methyl sites for hydroxylation is 1. The van der Waals surface area contributed by atoms with Crippen molar-refractivity contribution in [2.24, 2.45) is 0 Å². The average Bonchev–Trinajstić information content (AvgIpc) is 3.02. The van der Waals surface area contributed by atoms with E-state index in [-0.39, 0.29) is 0 Å². The predicted octanol–water partition coefficient (Wildman–Crippen LogP) is 3.67. The van der Waals surface area contributed by atoms with Crippen LogP contribution in [0.1, 0.15) is 11.5 Å². The molecule has 0 fully saturated rings. The molecule has 0 aliphatic carbocycles. The Bertz CT molecular complexity index is 751. The van der Waals surface area contributed by atoms with Gasteiger partial charge in [-0.15, -0.1) is 10.2 Å². The summed E-state index contributed by atoms with van der Waals surface area (Å²) in [6.45, 7) is 2.55. The minimum atomic E-state index is 0.493. The van der Waals surface area contributed by atoms with Crippen molar-refractivity contribution in [2.75, 3.05) is 12.4 Å². The molecule has 3 rings (SSSR count). The first kappa shape index (κ1) is 14.1. The third kappa shape index (κ3) is 3.25. The lowest BCUT2D eigenvalue weighted by molar-refractivity contribution is 0.415. The number of anilines is 1. The molecule has 0 spiro atoms. The Morgan fingerprint density at radius 2 is 1.91 bits per heavy atom. The highest BCUT2D eigenvalue weighted by molar-refractivity contribution is 5.54. The molecular formula is C17H17N3O2. The van der Waals surface area contributed by atoms with Crippen molar-refractivity contribution in [3.05, 3.63) is 60.0 Å². The van der Waals surface area contributed by atoms with Crippen LogP contribution in [-0.4, -0.2) is 17.3 Å². The van der Waals surface area contributed by atoms with E-state index in [0.29, 0.717) is 18.3 Å². The van der Waals surface area contributed by atoms with Gasteiger partial charge in [-0.1, -0.05) is 12.1 Å². The van der Waals surface area contributed by atoms with Gasteiger partial charge in [0.25, 0.3) is 0 Å². The van der Waals surface area contributed by atoms with E-state index in [9.17, 15) is 0 Å². The monoisotopic (exact) mass is 295 g/mol. The number of methoxy groups -OCH3 is 1. The van der Waals surface area contributed by atoms with E-state index in [1.807, 2.05) is 36.4 Å². The van der Waals surface area contributed by atoms with Crippen molar-refractivity contribution in [3.63, 3.8) is 0 Å². The molecule has 0 radical (unpaired) electrons. The average molecular weight is 295 g/mol. The SMILES string of the molecule is COc1ccc(-c2nnc(CNc3cccc(C)c3)o2)cc1. The number of ether oxygens (including phenoxy) is 1. The van der Waals surface area contributed by atoms with Crippen LogP contribution in [0.25, 0.3) is 11.5 Å². The molecule has 112 valence electrons. The lowest BCUT2D eigenvalue weighted by Gasteiger charge is -2.03. The number of hydrogen-bond acceptors (Lipinski definition) is 5. The molecule has 0 unspecified atom stereocenters. The Hall–Kier alpha value is -2.82. The zero-order valence-corrected chi connectivity index (χ0v) is 12.5. The standard InChI is InChI=1S/C17H17N3O2/c1-12-4-3-5-14(10-12)18-11-16-19-20-17(22-16)13-6-8-15(21-2)9-7-13/h3-10,18H,11H2,1-2H3. The summed E-state index contributed by atoms with van der Waals surface area (Å²) in [7, 11) is 1.64. The number of nitrogens with one attached hydrogen (secondary N) is 1. The minimum absolute atomic E-state index is 0.493. The first-order chi connectivity index (χ1) is 10.7. The van der Waals surface area contributed by atoms with Crippen molar-refractivity contribution in [2.45, 2.75) is 13.5 Å². The predicted molar refractivity (Wildman–Crippen MR) is 84.8 cm³/mol. The van der Waals surface area contributed by atoms with E-state index in [4.69, 9.17) is 9.15 Å². The topological polar surface area (TPSA) is 60.2 Å². The van der Waals surface area contributed by atoms with Crippen molar-refractivity contribution in [1.82, 2.24) is 10.2 Å². The molecule has 0 aliphatic heterocycles. The summed E-state index contributed by atoms with van der Waals surface area (Å²) in [6.07, 6.45) is 0. The number of benzene rings is 2. The summed E-state index contributed by atoms with van der Waals surface area (Å²) in [4.78, 5) is 0. The smallest absolute Gasteiger partial charge is 0.247 e.